The van der Waals surface area contributed by atoms with Crippen molar-refractivity contribution in [3.8, 4) is 5.75 Å². The van der Waals surface area contributed by atoms with Crippen LogP contribution in [0.15, 0.2) is 53.7 Å². The molecule has 1 fully saturated rings. The molecular formula is C22H32N6O. The van der Waals surface area contributed by atoms with Gasteiger partial charge in [-0.3, -0.25) is 4.99 Å². The van der Waals surface area contributed by atoms with E-state index in [9.17, 15) is 0 Å². The van der Waals surface area contributed by atoms with Gasteiger partial charge >= 0.3 is 0 Å². The fourth-order valence-electron chi connectivity index (χ4n) is 3.23. The lowest BCUT2D eigenvalue weighted by molar-refractivity contribution is 0.281. The lowest BCUT2D eigenvalue weighted by atomic mass is 10.2. The SMILES string of the molecule is CN=C(NCc1ccc(N2CCN(C)CC2)nc1)N(C)CCOc1ccccc1. The molecular weight excluding hydrogens is 364 g/mol. The highest BCUT2D eigenvalue weighted by atomic mass is 16.5. The molecule has 2 heterocycles. The highest BCUT2D eigenvalue weighted by Crippen LogP contribution is 2.13. The third kappa shape index (κ3) is 6.35. The summed E-state index contributed by atoms with van der Waals surface area (Å²) in [4.78, 5) is 15.8. The topological polar surface area (TPSA) is 56.2 Å². The standard InChI is InChI=1S/C22H32N6O/c1-23-22(27(3)15-16-29-20-7-5-4-6-8-20)25-18-19-9-10-21(24-17-19)28-13-11-26(2)12-14-28/h4-10,17H,11-16,18H2,1-3H3,(H,23,25). The zero-order valence-corrected chi connectivity index (χ0v) is 17.7. The van der Waals surface area contributed by atoms with Gasteiger partial charge in [-0.05, 0) is 30.8 Å². The summed E-state index contributed by atoms with van der Waals surface area (Å²) in [5, 5.41) is 3.40. The molecule has 29 heavy (non-hydrogen) atoms. The molecule has 0 atom stereocenters. The number of aliphatic imine (C=N–C) groups is 1. The van der Waals surface area contributed by atoms with E-state index in [4.69, 9.17) is 4.74 Å². The minimum atomic E-state index is 0.600. The zero-order chi connectivity index (χ0) is 20.5. The molecule has 0 unspecified atom stereocenters. The van der Waals surface area contributed by atoms with E-state index < -0.39 is 0 Å². The van der Waals surface area contributed by atoms with Crippen molar-refractivity contribution in [2.75, 3.05) is 65.4 Å². The van der Waals surface area contributed by atoms with Gasteiger partial charge in [0.25, 0.3) is 0 Å². The lowest BCUT2D eigenvalue weighted by Gasteiger charge is -2.33. The molecule has 2 aromatic rings. The van der Waals surface area contributed by atoms with E-state index in [0.29, 0.717) is 13.2 Å². The number of para-hydroxylation sites is 1. The number of benzene rings is 1. The number of hydrogen-bond donors (Lipinski definition) is 1. The first-order chi connectivity index (χ1) is 14.2. The van der Waals surface area contributed by atoms with Crippen LogP contribution in [0.3, 0.4) is 0 Å². The van der Waals surface area contributed by atoms with Gasteiger partial charge in [0, 0.05) is 53.0 Å². The molecule has 0 amide bonds. The Morgan fingerprint density at radius 3 is 2.55 bits per heavy atom. The van der Waals surface area contributed by atoms with Crippen LogP contribution in [0.4, 0.5) is 5.82 Å². The summed E-state index contributed by atoms with van der Waals surface area (Å²) in [6, 6.07) is 14.1. The van der Waals surface area contributed by atoms with Crippen molar-refractivity contribution in [3.05, 3.63) is 54.2 Å². The molecule has 0 radical (unpaired) electrons. The average Bonchev–Trinajstić information content (AvgIpc) is 2.76. The molecule has 3 rings (SSSR count). The van der Waals surface area contributed by atoms with Gasteiger partial charge < -0.3 is 24.8 Å². The third-order valence-electron chi connectivity index (χ3n) is 5.10. The number of guanidine groups is 1. The Bertz CT molecular complexity index is 757. The molecule has 1 N–H and O–H groups in total. The van der Waals surface area contributed by atoms with Crippen molar-refractivity contribution < 1.29 is 4.74 Å². The van der Waals surface area contributed by atoms with Crippen LogP contribution in [0.2, 0.25) is 0 Å². The van der Waals surface area contributed by atoms with Gasteiger partial charge in [-0.25, -0.2) is 4.98 Å². The van der Waals surface area contributed by atoms with Crippen LogP contribution in [0.1, 0.15) is 5.56 Å². The van der Waals surface area contributed by atoms with Crippen LogP contribution in [0.5, 0.6) is 5.75 Å². The summed E-state index contributed by atoms with van der Waals surface area (Å²) in [5.41, 5.74) is 1.14. The fraction of sp³-hybridized carbons (Fsp3) is 0.455. The van der Waals surface area contributed by atoms with Gasteiger partial charge in [-0.1, -0.05) is 24.3 Å². The summed E-state index contributed by atoms with van der Waals surface area (Å²) >= 11 is 0. The van der Waals surface area contributed by atoms with Crippen molar-refractivity contribution in [3.63, 3.8) is 0 Å². The Labute approximate surface area is 174 Å². The number of hydrogen-bond acceptors (Lipinski definition) is 5. The van der Waals surface area contributed by atoms with Crippen LogP contribution < -0.4 is 15.0 Å². The summed E-state index contributed by atoms with van der Waals surface area (Å²) in [7, 11) is 5.97. The molecule has 1 saturated heterocycles. The molecule has 1 aliphatic heterocycles. The first-order valence-corrected chi connectivity index (χ1v) is 10.1. The zero-order valence-electron chi connectivity index (χ0n) is 17.7. The smallest absolute Gasteiger partial charge is 0.193 e. The molecule has 7 nitrogen and oxygen atoms in total. The molecule has 156 valence electrons. The number of pyridine rings is 1. The molecule has 1 aromatic carbocycles. The lowest BCUT2D eigenvalue weighted by Crippen LogP contribution is -2.44. The molecule has 0 aliphatic carbocycles. The summed E-state index contributed by atoms with van der Waals surface area (Å²) in [5.74, 6) is 2.78. The third-order valence-corrected chi connectivity index (χ3v) is 5.10. The van der Waals surface area contributed by atoms with Gasteiger partial charge in [0.2, 0.25) is 0 Å². The van der Waals surface area contributed by atoms with Crippen LogP contribution in [-0.2, 0) is 6.54 Å². The molecule has 1 aromatic heterocycles. The molecule has 7 heteroatoms. The van der Waals surface area contributed by atoms with E-state index in [0.717, 1.165) is 55.8 Å². The largest absolute Gasteiger partial charge is 0.492 e. The predicted molar refractivity (Wildman–Crippen MR) is 119 cm³/mol. The van der Waals surface area contributed by atoms with Gasteiger partial charge in [0.15, 0.2) is 5.96 Å². The summed E-state index contributed by atoms with van der Waals surface area (Å²) < 4.78 is 5.77. The van der Waals surface area contributed by atoms with Gasteiger partial charge in [0.1, 0.15) is 18.2 Å². The second kappa shape index (κ2) is 10.7. The Kier molecular flexibility index (Phi) is 7.69. The Hall–Kier alpha value is -2.80. The normalized spacial score (nSPS) is 15.3. The average molecular weight is 397 g/mol. The minimum Gasteiger partial charge on any atom is -0.492 e. The van der Waals surface area contributed by atoms with Crippen LogP contribution in [0, 0.1) is 0 Å². The van der Waals surface area contributed by atoms with Gasteiger partial charge in [-0.15, -0.1) is 0 Å². The molecule has 0 saturated carbocycles. The van der Waals surface area contributed by atoms with E-state index in [1.807, 2.05) is 43.6 Å². The van der Waals surface area contributed by atoms with E-state index in [-0.39, 0.29) is 0 Å². The van der Waals surface area contributed by atoms with E-state index in [1.54, 1.807) is 7.05 Å². The van der Waals surface area contributed by atoms with Crippen molar-refractivity contribution in [1.82, 2.24) is 20.1 Å². The molecule has 1 aliphatic rings. The number of anilines is 1. The van der Waals surface area contributed by atoms with E-state index in [2.05, 4.69) is 49.2 Å². The van der Waals surface area contributed by atoms with Gasteiger partial charge in [0.05, 0.1) is 6.54 Å². The Balaban J connectivity index is 1.43. The number of piperazine rings is 1. The maximum atomic E-state index is 5.77. The van der Waals surface area contributed by atoms with Gasteiger partial charge in [-0.2, -0.15) is 0 Å². The maximum Gasteiger partial charge on any atom is 0.193 e. The number of nitrogens with zero attached hydrogens (tertiary/aromatic N) is 5. The fourth-order valence-corrected chi connectivity index (χ4v) is 3.23. The number of likely N-dealkylation sites (N-methyl/N-ethyl adjacent to an activating group) is 2. The number of aromatic nitrogens is 1. The maximum absolute atomic E-state index is 5.77. The molecule has 0 spiro atoms. The summed E-state index contributed by atoms with van der Waals surface area (Å²) in [6.45, 7) is 6.26. The molecule has 0 bridgehead atoms. The monoisotopic (exact) mass is 396 g/mol. The van der Waals surface area contributed by atoms with Crippen molar-refractivity contribution >= 4 is 11.8 Å². The van der Waals surface area contributed by atoms with E-state index >= 15 is 0 Å². The second-order valence-corrected chi connectivity index (χ2v) is 7.30. The number of ether oxygens (including phenoxy) is 1. The van der Waals surface area contributed by atoms with Crippen molar-refractivity contribution in [2.45, 2.75) is 6.54 Å². The first kappa shape index (κ1) is 20.9. The quantitative estimate of drug-likeness (QED) is 0.570. The first-order valence-electron chi connectivity index (χ1n) is 10.1. The highest BCUT2D eigenvalue weighted by molar-refractivity contribution is 5.79. The van der Waals surface area contributed by atoms with Crippen LogP contribution >= 0.6 is 0 Å². The van der Waals surface area contributed by atoms with Crippen LogP contribution in [-0.4, -0.2) is 81.2 Å². The Morgan fingerprint density at radius 1 is 1.14 bits per heavy atom. The van der Waals surface area contributed by atoms with Crippen LogP contribution in [0.25, 0.3) is 0 Å². The van der Waals surface area contributed by atoms with E-state index in [1.165, 1.54) is 0 Å². The summed E-state index contributed by atoms with van der Waals surface area (Å²) in [6.07, 6.45) is 1.95. The number of nitrogens with one attached hydrogen (secondary N) is 1. The van der Waals surface area contributed by atoms with Crippen molar-refractivity contribution in [1.29, 1.82) is 0 Å². The predicted octanol–water partition coefficient (Wildman–Crippen LogP) is 1.92. The number of rotatable bonds is 7. The Morgan fingerprint density at radius 2 is 1.90 bits per heavy atom. The van der Waals surface area contributed by atoms with Crippen molar-refractivity contribution in [2.24, 2.45) is 4.99 Å². The minimum absolute atomic E-state index is 0.600. The highest BCUT2D eigenvalue weighted by Gasteiger charge is 2.15. The second-order valence-electron chi connectivity index (χ2n) is 7.30.